The second-order valence-electron chi connectivity index (χ2n) is 4.82. The molecule has 1 rings (SSSR count). The molecule has 0 N–H and O–H groups in total. The van der Waals surface area contributed by atoms with Gasteiger partial charge in [-0.15, -0.1) is 11.3 Å². The minimum absolute atomic E-state index is 0.204. The Balaban J connectivity index is 2.96. The fourth-order valence-corrected chi connectivity index (χ4v) is 3.10. The number of halogens is 1. The number of thiophene rings is 1. The maximum Gasteiger partial charge on any atom is 0.348 e. The van der Waals surface area contributed by atoms with Crippen LogP contribution in [0.2, 0.25) is 0 Å². The van der Waals surface area contributed by atoms with Crippen LogP contribution in [0.4, 0.5) is 0 Å². The molecular formula is C13H19BrO2S. The Hall–Kier alpha value is -0.350. The largest absolute Gasteiger partial charge is 0.462 e. The summed E-state index contributed by atoms with van der Waals surface area (Å²) in [5.41, 5.74) is 1.30. The van der Waals surface area contributed by atoms with Gasteiger partial charge in [0.2, 0.25) is 0 Å². The number of hydrogen-bond acceptors (Lipinski definition) is 3. The first-order chi connectivity index (χ1) is 7.89. The molecule has 0 bridgehead atoms. The lowest BCUT2D eigenvalue weighted by Gasteiger charge is -2.22. The zero-order valence-corrected chi connectivity index (χ0v) is 13.2. The molecule has 1 aromatic heterocycles. The predicted octanol–water partition coefficient (Wildman–Crippen LogP) is 4.67. The average Bonchev–Trinajstić information content (AvgIpc) is 2.59. The number of hydrogen-bond donors (Lipinski definition) is 0. The zero-order chi connectivity index (χ0) is 13.1. The maximum atomic E-state index is 11.8. The molecule has 96 valence electrons. The van der Waals surface area contributed by atoms with Gasteiger partial charge in [-0.2, -0.15) is 0 Å². The first kappa shape index (κ1) is 14.7. The van der Waals surface area contributed by atoms with Crippen LogP contribution < -0.4 is 0 Å². The van der Waals surface area contributed by atoms with Crippen LogP contribution in [0.3, 0.4) is 0 Å². The molecule has 0 saturated carbocycles. The van der Waals surface area contributed by atoms with Gasteiger partial charge in [-0.1, -0.05) is 27.2 Å². The third kappa shape index (κ3) is 4.11. The summed E-state index contributed by atoms with van der Waals surface area (Å²) in [6, 6.07) is 2.04. The standard InChI is InChI=1S/C13H19BrO2S/c1-5-13(3,4)8-9-7-10(14)17-11(9)12(15)16-6-2/h7H,5-6,8H2,1-4H3. The van der Waals surface area contributed by atoms with Gasteiger partial charge in [0.05, 0.1) is 10.4 Å². The maximum absolute atomic E-state index is 11.8. The first-order valence-electron chi connectivity index (χ1n) is 5.85. The predicted molar refractivity (Wildman–Crippen MR) is 75.8 cm³/mol. The molecule has 2 nitrogen and oxygen atoms in total. The van der Waals surface area contributed by atoms with E-state index in [9.17, 15) is 4.79 Å². The third-order valence-electron chi connectivity index (χ3n) is 2.87. The fraction of sp³-hybridized carbons (Fsp3) is 0.615. The van der Waals surface area contributed by atoms with Crippen molar-refractivity contribution in [3.63, 3.8) is 0 Å². The zero-order valence-electron chi connectivity index (χ0n) is 10.8. The van der Waals surface area contributed by atoms with E-state index in [-0.39, 0.29) is 11.4 Å². The van der Waals surface area contributed by atoms with Crippen molar-refractivity contribution in [2.75, 3.05) is 6.61 Å². The lowest BCUT2D eigenvalue weighted by molar-refractivity contribution is 0.0530. The molecule has 0 saturated heterocycles. The van der Waals surface area contributed by atoms with Crippen molar-refractivity contribution in [3.05, 3.63) is 20.3 Å². The highest BCUT2D eigenvalue weighted by Gasteiger charge is 2.23. The average molecular weight is 319 g/mol. The van der Waals surface area contributed by atoms with Crippen molar-refractivity contribution in [1.29, 1.82) is 0 Å². The summed E-state index contributed by atoms with van der Waals surface area (Å²) in [4.78, 5) is 12.6. The Morgan fingerprint density at radius 2 is 2.12 bits per heavy atom. The Kier molecular flexibility index (Phi) is 5.20. The van der Waals surface area contributed by atoms with E-state index < -0.39 is 0 Å². The molecule has 0 aliphatic carbocycles. The van der Waals surface area contributed by atoms with Gasteiger partial charge in [-0.25, -0.2) is 4.79 Å². The molecule has 0 radical (unpaired) electrons. The first-order valence-corrected chi connectivity index (χ1v) is 7.46. The minimum atomic E-state index is -0.204. The molecule has 0 spiro atoms. The highest BCUT2D eigenvalue weighted by atomic mass is 79.9. The quantitative estimate of drug-likeness (QED) is 0.738. The van der Waals surface area contributed by atoms with Crippen molar-refractivity contribution in [2.45, 2.75) is 40.5 Å². The smallest absolute Gasteiger partial charge is 0.348 e. The third-order valence-corrected chi connectivity index (χ3v) is 4.53. The van der Waals surface area contributed by atoms with Gasteiger partial charge in [0, 0.05) is 0 Å². The van der Waals surface area contributed by atoms with Gasteiger partial charge in [0.15, 0.2) is 0 Å². The van der Waals surface area contributed by atoms with Gasteiger partial charge in [0.25, 0.3) is 0 Å². The summed E-state index contributed by atoms with van der Waals surface area (Å²) in [6.45, 7) is 8.85. The van der Waals surface area contributed by atoms with Gasteiger partial charge in [-0.05, 0) is 46.3 Å². The lowest BCUT2D eigenvalue weighted by Crippen LogP contribution is -2.15. The van der Waals surface area contributed by atoms with E-state index in [1.54, 1.807) is 0 Å². The van der Waals surface area contributed by atoms with Gasteiger partial charge < -0.3 is 4.74 Å². The fourth-order valence-electron chi connectivity index (χ4n) is 1.54. The molecule has 0 amide bonds. The second-order valence-corrected chi connectivity index (χ2v) is 7.25. The van der Waals surface area contributed by atoms with Crippen LogP contribution in [0.15, 0.2) is 9.85 Å². The molecule has 0 aliphatic heterocycles. The monoisotopic (exact) mass is 318 g/mol. The van der Waals surface area contributed by atoms with Crippen LogP contribution in [-0.4, -0.2) is 12.6 Å². The number of carbonyl (C=O) groups is 1. The second kappa shape index (κ2) is 6.01. The van der Waals surface area contributed by atoms with Crippen LogP contribution in [-0.2, 0) is 11.2 Å². The molecule has 0 unspecified atom stereocenters. The summed E-state index contributed by atoms with van der Waals surface area (Å²) < 4.78 is 6.07. The van der Waals surface area contributed by atoms with Crippen molar-refractivity contribution in [2.24, 2.45) is 5.41 Å². The van der Waals surface area contributed by atoms with E-state index in [0.29, 0.717) is 6.61 Å². The Morgan fingerprint density at radius 1 is 1.47 bits per heavy atom. The summed E-state index contributed by atoms with van der Waals surface area (Å²) in [5, 5.41) is 0. The summed E-state index contributed by atoms with van der Waals surface area (Å²) in [5.74, 6) is -0.204. The Bertz CT molecular complexity index is 396. The summed E-state index contributed by atoms with van der Waals surface area (Å²) >= 11 is 4.90. The van der Waals surface area contributed by atoms with Gasteiger partial charge in [0.1, 0.15) is 4.88 Å². The summed E-state index contributed by atoms with van der Waals surface area (Å²) in [6.07, 6.45) is 1.99. The van der Waals surface area contributed by atoms with E-state index >= 15 is 0 Å². The summed E-state index contributed by atoms with van der Waals surface area (Å²) in [7, 11) is 0. The molecular weight excluding hydrogens is 300 g/mol. The van der Waals surface area contributed by atoms with Crippen molar-refractivity contribution in [1.82, 2.24) is 0 Å². The van der Waals surface area contributed by atoms with E-state index in [1.807, 2.05) is 13.0 Å². The molecule has 0 fully saturated rings. The topological polar surface area (TPSA) is 26.3 Å². The van der Waals surface area contributed by atoms with Crippen LogP contribution in [0.1, 0.15) is 49.4 Å². The van der Waals surface area contributed by atoms with Crippen molar-refractivity contribution in [3.8, 4) is 0 Å². The van der Waals surface area contributed by atoms with E-state index in [1.165, 1.54) is 11.3 Å². The molecule has 0 atom stereocenters. The number of carbonyl (C=O) groups excluding carboxylic acids is 1. The van der Waals surface area contributed by atoms with E-state index in [0.717, 1.165) is 27.1 Å². The van der Waals surface area contributed by atoms with Crippen LogP contribution in [0, 0.1) is 5.41 Å². The Morgan fingerprint density at radius 3 is 2.65 bits per heavy atom. The molecule has 17 heavy (non-hydrogen) atoms. The Labute approximate surface area is 115 Å². The SMILES string of the molecule is CCOC(=O)c1sc(Br)cc1CC(C)(C)CC. The molecule has 1 aromatic rings. The number of rotatable bonds is 5. The van der Waals surface area contributed by atoms with Crippen molar-refractivity contribution >= 4 is 33.2 Å². The van der Waals surface area contributed by atoms with E-state index in [2.05, 4.69) is 36.7 Å². The molecule has 4 heteroatoms. The van der Waals surface area contributed by atoms with Gasteiger partial charge in [-0.3, -0.25) is 0 Å². The number of esters is 1. The van der Waals surface area contributed by atoms with Crippen LogP contribution >= 0.6 is 27.3 Å². The van der Waals surface area contributed by atoms with Gasteiger partial charge >= 0.3 is 5.97 Å². The minimum Gasteiger partial charge on any atom is -0.462 e. The molecule has 0 aromatic carbocycles. The lowest BCUT2D eigenvalue weighted by atomic mass is 9.83. The number of ether oxygens (including phenoxy) is 1. The van der Waals surface area contributed by atoms with Crippen LogP contribution in [0.25, 0.3) is 0 Å². The normalized spacial score (nSPS) is 11.6. The highest BCUT2D eigenvalue weighted by molar-refractivity contribution is 9.11. The van der Waals surface area contributed by atoms with Crippen LogP contribution in [0.5, 0.6) is 0 Å². The highest BCUT2D eigenvalue weighted by Crippen LogP contribution is 2.34. The van der Waals surface area contributed by atoms with E-state index in [4.69, 9.17) is 4.74 Å². The van der Waals surface area contributed by atoms with Crippen molar-refractivity contribution < 1.29 is 9.53 Å². The molecule has 0 aliphatic rings. The molecule has 1 heterocycles.